The van der Waals surface area contributed by atoms with Gasteiger partial charge < -0.3 is 19.7 Å². The van der Waals surface area contributed by atoms with E-state index in [1.54, 1.807) is 7.11 Å². The van der Waals surface area contributed by atoms with Gasteiger partial charge in [0.2, 0.25) is 0 Å². The summed E-state index contributed by atoms with van der Waals surface area (Å²) in [4.78, 5) is 15.2. The summed E-state index contributed by atoms with van der Waals surface area (Å²) in [5, 5.41) is 2.98. The van der Waals surface area contributed by atoms with E-state index in [4.69, 9.17) is 9.47 Å². The topological polar surface area (TPSA) is 50.8 Å². The van der Waals surface area contributed by atoms with Gasteiger partial charge >= 0.3 is 0 Å². The Balaban J connectivity index is 1.75. The fraction of sp³-hybridized carbons (Fsp3) is 0.708. The molecule has 1 saturated heterocycles. The summed E-state index contributed by atoms with van der Waals surface area (Å²) in [7, 11) is 1.60. The second-order valence-corrected chi connectivity index (χ2v) is 8.45. The molecule has 5 heteroatoms. The second kappa shape index (κ2) is 12.2. The maximum Gasteiger partial charge on any atom is 0.256 e. The summed E-state index contributed by atoms with van der Waals surface area (Å²) in [6.07, 6.45) is 8.96. The first-order chi connectivity index (χ1) is 14.0. The van der Waals surface area contributed by atoms with E-state index in [2.05, 4.69) is 24.1 Å². The van der Waals surface area contributed by atoms with Crippen LogP contribution in [0.25, 0.3) is 0 Å². The molecule has 1 heterocycles. The molecule has 5 nitrogen and oxygen atoms in total. The number of methoxy groups -OCH3 is 1. The zero-order valence-corrected chi connectivity index (χ0v) is 18.8. The summed E-state index contributed by atoms with van der Waals surface area (Å²) in [5.74, 6) is 0.743. The first kappa shape index (κ1) is 23.7. The fourth-order valence-electron chi connectivity index (χ4n) is 3.87. The molecule has 29 heavy (non-hydrogen) atoms. The summed E-state index contributed by atoms with van der Waals surface area (Å²) >= 11 is 0. The van der Waals surface area contributed by atoms with E-state index < -0.39 is 5.60 Å². The van der Waals surface area contributed by atoms with Crippen LogP contribution in [0.4, 0.5) is 5.69 Å². The molecule has 0 aliphatic carbocycles. The number of nitrogens with zero attached hydrogens (tertiary/aromatic N) is 1. The summed E-state index contributed by atoms with van der Waals surface area (Å²) in [6.45, 7) is 9.37. The van der Waals surface area contributed by atoms with E-state index in [1.165, 1.54) is 25.8 Å². The first-order valence-corrected chi connectivity index (χ1v) is 11.3. The maximum atomic E-state index is 12.7. The number of carbonyl (C=O) groups excluding carboxylic acids is 1. The van der Waals surface area contributed by atoms with Crippen LogP contribution in [0.2, 0.25) is 0 Å². The number of amides is 1. The van der Waals surface area contributed by atoms with Gasteiger partial charge in [0, 0.05) is 25.4 Å². The van der Waals surface area contributed by atoms with E-state index in [-0.39, 0.29) is 5.91 Å². The number of ether oxygens (including phenoxy) is 2. The van der Waals surface area contributed by atoms with Crippen molar-refractivity contribution in [2.45, 2.75) is 83.8 Å². The molecule has 1 aliphatic heterocycles. The van der Waals surface area contributed by atoms with Crippen LogP contribution in [0.3, 0.4) is 0 Å². The van der Waals surface area contributed by atoms with E-state index in [9.17, 15) is 4.79 Å². The van der Waals surface area contributed by atoms with Crippen molar-refractivity contribution in [1.29, 1.82) is 0 Å². The number of nitrogens with one attached hydrogen (secondary N) is 1. The smallest absolute Gasteiger partial charge is 0.256 e. The molecule has 2 atom stereocenters. The van der Waals surface area contributed by atoms with Gasteiger partial charge in [-0.1, -0.05) is 32.6 Å². The Morgan fingerprint density at radius 3 is 2.62 bits per heavy atom. The lowest BCUT2D eigenvalue weighted by Gasteiger charge is -2.33. The van der Waals surface area contributed by atoms with Crippen LogP contribution in [0.15, 0.2) is 24.3 Å². The average Bonchev–Trinajstić information content (AvgIpc) is 2.73. The molecule has 0 radical (unpaired) electrons. The minimum absolute atomic E-state index is 0.0968. The molecule has 0 spiro atoms. The molecule has 2 unspecified atom stereocenters. The van der Waals surface area contributed by atoms with Crippen molar-refractivity contribution < 1.29 is 14.3 Å². The number of carbonyl (C=O) groups is 1. The standard InChI is InChI=1S/C24H40N2O3/c1-5-6-8-16-24(3,28-4)23(27)25-21-12-14-22(15-13-21)29-19-10-18-26-17-9-7-11-20(26)2/h12-15,20H,5-11,16-19H2,1-4H3,(H,25,27). The monoisotopic (exact) mass is 404 g/mol. The molecule has 1 amide bonds. The van der Waals surface area contributed by atoms with Gasteiger partial charge in [0.15, 0.2) is 0 Å². The molecule has 1 aromatic rings. The van der Waals surface area contributed by atoms with Crippen LogP contribution in [-0.4, -0.2) is 49.3 Å². The van der Waals surface area contributed by atoms with Crippen LogP contribution in [0, 0.1) is 0 Å². The molecule has 1 N–H and O–H groups in total. The number of unbranched alkanes of at least 4 members (excludes halogenated alkanes) is 2. The van der Waals surface area contributed by atoms with Gasteiger partial charge in [-0.2, -0.15) is 0 Å². The van der Waals surface area contributed by atoms with E-state index in [0.717, 1.165) is 50.1 Å². The number of likely N-dealkylation sites (tertiary alicyclic amines) is 1. The lowest BCUT2D eigenvalue weighted by atomic mass is 9.97. The quantitative estimate of drug-likeness (QED) is 0.483. The highest BCUT2D eigenvalue weighted by Crippen LogP contribution is 2.23. The third kappa shape index (κ3) is 7.63. The fourth-order valence-corrected chi connectivity index (χ4v) is 3.87. The SMILES string of the molecule is CCCCCC(C)(OC)C(=O)Nc1ccc(OCCCN2CCCCC2C)cc1. The van der Waals surface area contributed by atoms with Crippen molar-refractivity contribution in [2.75, 3.05) is 32.1 Å². The molecule has 2 rings (SSSR count). The van der Waals surface area contributed by atoms with Crippen molar-refractivity contribution in [2.24, 2.45) is 0 Å². The Hall–Kier alpha value is -1.59. The lowest BCUT2D eigenvalue weighted by molar-refractivity contribution is -0.136. The van der Waals surface area contributed by atoms with Gasteiger partial charge in [-0.05, 0) is 70.3 Å². The van der Waals surface area contributed by atoms with Gasteiger partial charge in [-0.25, -0.2) is 0 Å². The van der Waals surface area contributed by atoms with Crippen molar-refractivity contribution in [1.82, 2.24) is 4.90 Å². The largest absolute Gasteiger partial charge is 0.494 e. The zero-order chi connectivity index (χ0) is 21.1. The molecule has 1 fully saturated rings. The van der Waals surface area contributed by atoms with Gasteiger partial charge in [-0.15, -0.1) is 0 Å². The number of hydrogen-bond acceptors (Lipinski definition) is 4. The van der Waals surface area contributed by atoms with Crippen molar-refractivity contribution in [3.05, 3.63) is 24.3 Å². The molecule has 1 aromatic carbocycles. The molecular weight excluding hydrogens is 364 g/mol. The van der Waals surface area contributed by atoms with Gasteiger partial charge in [-0.3, -0.25) is 4.79 Å². The van der Waals surface area contributed by atoms with Crippen molar-refractivity contribution in [3.63, 3.8) is 0 Å². The Morgan fingerprint density at radius 1 is 1.21 bits per heavy atom. The molecule has 164 valence electrons. The third-order valence-corrected chi connectivity index (χ3v) is 6.10. The number of hydrogen-bond donors (Lipinski definition) is 1. The predicted octanol–water partition coefficient (Wildman–Crippen LogP) is 5.25. The van der Waals surface area contributed by atoms with Crippen LogP contribution in [-0.2, 0) is 9.53 Å². The molecule has 0 bridgehead atoms. The molecular formula is C24H40N2O3. The van der Waals surface area contributed by atoms with Crippen LogP contribution in [0.5, 0.6) is 5.75 Å². The van der Waals surface area contributed by atoms with Gasteiger partial charge in [0.25, 0.3) is 5.91 Å². The zero-order valence-electron chi connectivity index (χ0n) is 18.8. The lowest BCUT2D eigenvalue weighted by Crippen LogP contribution is -2.41. The number of piperidine rings is 1. The number of benzene rings is 1. The molecule has 0 saturated carbocycles. The van der Waals surface area contributed by atoms with Crippen LogP contribution < -0.4 is 10.1 Å². The number of rotatable bonds is 12. The highest BCUT2D eigenvalue weighted by atomic mass is 16.5. The minimum Gasteiger partial charge on any atom is -0.494 e. The van der Waals surface area contributed by atoms with E-state index in [0.29, 0.717) is 12.6 Å². The first-order valence-electron chi connectivity index (χ1n) is 11.3. The Bertz CT molecular complexity index is 605. The number of anilines is 1. The Morgan fingerprint density at radius 2 is 1.97 bits per heavy atom. The van der Waals surface area contributed by atoms with Crippen molar-refractivity contribution in [3.8, 4) is 5.75 Å². The Kier molecular flexibility index (Phi) is 9.95. The van der Waals surface area contributed by atoms with Gasteiger partial charge in [0.05, 0.1) is 6.61 Å². The summed E-state index contributed by atoms with van der Waals surface area (Å²) < 4.78 is 11.4. The van der Waals surface area contributed by atoms with Crippen LogP contribution in [0.1, 0.15) is 72.1 Å². The molecule has 1 aliphatic rings. The van der Waals surface area contributed by atoms with Gasteiger partial charge in [0.1, 0.15) is 11.4 Å². The Labute approximate surface area is 177 Å². The van der Waals surface area contributed by atoms with E-state index >= 15 is 0 Å². The normalized spacial score (nSPS) is 19.5. The highest BCUT2D eigenvalue weighted by Gasteiger charge is 2.32. The molecule has 0 aromatic heterocycles. The van der Waals surface area contributed by atoms with Crippen molar-refractivity contribution >= 4 is 11.6 Å². The predicted molar refractivity (Wildman–Crippen MR) is 120 cm³/mol. The summed E-state index contributed by atoms with van der Waals surface area (Å²) in [5.41, 5.74) is -0.0288. The minimum atomic E-state index is -0.796. The maximum absolute atomic E-state index is 12.7. The van der Waals surface area contributed by atoms with E-state index in [1.807, 2.05) is 31.2 Å². The third-order valence-electron chi connectivity index (χ3n) is 6.10. The van der Waals surface area contributed by atoms with Crippen LogP contribution >= 0.6 is 0 Å². The second-order valence-electron chi connectivity index (χ2n) is 8.45. The summed E-state index contributed by atoms with van der Waals surface area (Å²) in [6, 6.07) is 8.32. The highest BCUT2D eigenvalue weighted by molar-refractivity contribution is 5.97. The average molecular weight is 405 g/mol.